The van der Waals surface area contributed by atoms with Gasteiger partial charge in [-0.15, -0.1) is 23.2 Å². The molecule has 0 aromatic heterocycles. The molecule has 0 fully saturated rings. The molecule has 4 heteroatoms. The summed E-state index contributed by atoms with van der Waals surface area (Å²) in [7, 11) is 0. The molecule has 2 nitrogen and oxygen atoms in total. The molecule has 0 saturated carbocycles. The van der Waals surface area contributed by atoms with E-state index in [1.807, 2.05) is 6.92 Å². The van der Waals surface area contributed by atoms with E-state index in [0.29, 0.717) is 12.3 Å². The molecule has 0 aromatic carbocycles. The Hall–Kier alpha value is 0.500. The second-order valence-electron chi connectivity index (χ2n) is 6.45. The molecular weight excluding hydrogens is 305 g/mol. The fraction of sp³-hybridized carbons (Fsp3) is 1.00. The van der Waals surface area contributed by atoms with Crippen LogP contribution >= 0.6 is 23.2 Å². The van der Waals surface area contributed by atoms with Crippen LogP contribution in [-0.4, -0.2) is 22.0 Å². The highest BCUT2D eigenvalue weighted by Gasteiger charge is 2.30. The molecule has 0 amide bonds. The zero-order valence-corrected chi connectivity index (χ0v) is 15.9. The van der Waals surface area contributed by atoms with Crippen molar-refractivity contribution in [2.45, 2.75) is 96.0 Å². The predicted octanol–water partition coefficient (Wildman–Crippen LogP) is 6.30. The lowest BCUT2D eigenvalue weighted by Crippen LogP contribution is -2.32. The third-order valence-corrected chi connectivity index (χ3v) is 5.21. The van der Waals surface area contributed by atoms with Gasteiger partial charge in [0.2, 0.25) is 0 Å². The summed E-state index contributed by atoms with van der Waals surface area (Å²) in [4.78, 5) is -0.338. The van der Waals surface area contributed by atoms with Crippen LogP contribution < -0.4 is 6.15 Å². The quantitative estimate of drug-likeness (QED) is 0.305. The van der Waals surface area contributed by atoms with E-state index < -0.39 is 6.10 Å². The zero-order valence-electron chi connectivity index (χ0n) is 14.3. The van der Waals surface area contributed by atoms with E-state index in [1.165, 1.54) is 51.4 Å². The van der Waals surface area contributed by atoms with Crippen LogP contribution in [0.1, 0.15) is 85.0 Å². The van der Waals surface area contributed by atoms with Crippen molar-refractivity contribution in [3.8, 4) is 0 Å². The molecule has 0 heterocycles. The minimum Gasteiger partial charge on any atom is -0.392 e. The topological polar surface area (TPSA) is 55.2 Å². The Labute approximate surface area is 142 Å². The fourth-order valence-electron chi connectivity index (χ4n) is 2.60. The lowest BCUT2D eigenvalue weighted by atomic mass is 9.86. The molecule has 0 spiro atoms. The maximum Gasteiger partial charge on any atom is 0.0692 e. The first kappa shape index (κ1) is 23.8. The number of halogens is 2. The van der Waals surface area contributed by atoms with Crippen LogP contribution in [0.15, 0.2) is 0 Å². The second kappa shape index (κ2) is 14.1. The van der Waals surface area contributed by atoms with E-state index in [4.69, 9.17) is 23.2 Å². The standard InChI is InChI=1S/C17H34Cl2O.H3N/c1-4-5-6-7-8-9-10-11-12-15(2)17(3,19)13-16(20)14-18;/h15-16,20H,4-14H2,1-3H3;1H3. The summed E-state index contributed by atoms with van der Waals surface area (Å²) in [5.74, 6) is 0.689. The largest absolute Gasteiger partial charge is 0.392 e. The molecule has 0 aliphatic carbocycles. The van der Waals surface area contributed by atoms with Crippen molar-refractivity contribution in [2.24, 2.45) is 5.92 Å². The first-order valence-corrected chi connectivity index (χ1v) is 9.28. The summed E-state index contributed by atoms with van der Waals surface area (Å²) in [5.41, 5.74) is 0. The van der Waals surface area contributed by atoms with Gasteiger partial charge in [-0.2, -0.15) is 0 Å². The molecule has 4 N–H and O–H groups in total. The molecule has 3 unspecified atom stereocenters. The second-order valence-corrected chi connectivity index (χ2v) is 7.63. The van der Waals surface area contributed by atoms with Crippen molar-refractivity contribution in [3.63, 3.8) is 0 Å². The highest BCUT2D eigenvalue weighted by atomic mass is 35.5. The predicted molar refractivity (Wildman–Crippen MR) is 97.0 cm³/mol. The fourth-order valence-corrected chi connectivity index (χ4v) is 3.00. The van der Waals surface area contributed by atoms with Crippen LogP contribution in [0.5, 0.6) is 0 Å². The van der Waals surface area contributed by atoms with Gasteiger partial charge in [0, 0.05) is 10.8 Å². The van der Waals surface area contributed by atoms with E-state index in [1.54, 1.807) is 0 Å². The molecule has 0 radical (unpaired) electrons. The van der Waals surface area contributed by atoms with Crippen molar-refractivity contribution in [1.29, 1.82) is 0 Å². The lowest BCUT2D eigenvalue weighted by molar-refractivity contribution is 0.158. The van der Waals surface area contributed by atoms with Gasteiger partial charge in [-0.3, -0.25) is 0 Å². The monoisotopic (exact) mass is 341 g/mol. The third-order valence-electron chi connectivity index (χ3n) is 4.33. The van der Waals surface area contributed by atoms with Crippen LogP contribution in [0.4, 0.5) is 0 Å². The normalized spacial score (nSPS) is 16.9. The number of aliphatic hydroxyl groups excluding tert-OH is 1. The first-order chi connectivity index (χ1) is 9.44. The van der Waals surface area contributed by atoms with Gasteiger partial charge >= 0.3 is 0 Å². The molecule has 3 atom stereocenters. The average molecular weight is 342 g/mol. The summed E-state index contributed by atoms with van der Waals surface area (Å²) in [6.45, 7) is 6.47. The highest BCUT2D eigenvalue weighted by Crippen LogP contribution is 2.33. The summed E-state index contributed by atoms with van der Waals surface area (Å²) in [6, 6.07) is 0. The maximum absolute atomic E-state index is 9.64. The van der Waals surface area contributed by atoms with Gasteiger partial charge in [-0.05, 0) is 25.7 Å². The van der Waals surface area contributed by atoms with Crippen LogP contribution in [0.2, 0.25) is 0 Å². The minimum absolute atomic E-state index is 0. The van der Waals surface area contributed by atoms with Gasteiger partial charge in [-0.1, -0.05) is 65.2 Å². The smallest absolute Gasteiger partial charge is 0.0692 e. The Morgan fingerprint density at radius 1 is 1.00 bits per heavy atom. The van der Waals surface area contributed by atoms with Gasteiger partial charge in [0.1, 0.15) is 0 Å². The summed E-state index contributed by atoms with van der Waals surface area (Å²) in [5, 5.41) is 9.64. The molecular formula is C17H37Cl2NO. The van der Waals surface area contributed by atoms with Gasteiger partial charge in [0.15, 0.2) is 0 Å². The molecule has 0 saturated heterocycles. The molecule has 0 rings (SSSR count). The summed E-state index contributed by atoms with van der Waals surface area (Å²) < 4.78 is 0. The number of alkyl halides is 2. The van der Waals surface area contributed by atoms with Gasteiger partial charge in [0.05, 0.1) is 6.10 Å². The van der Waals surface area contributed by atoms with Crippen molar-refractivity contribution in [2.75, 3.05) is 5.88 Å². The molecule has 0 aliphatic rings. The molecule has 21 heavy (non-hydrogen) atoms. The van der Waals surface area contributed by atoms with Crippen LogP contribution in [0, 0.1) is 5.92 Å². The van der Waals surface area contributed by atoms with Gasteiger partial charge in [-0.25, -0.2) is 0 Å². The number of unbranched alkanes of at least 4 members (excludes halogenated alkanes) is 7. The third kappa shape index (κ3) is 12.7. The number of aliphatic hydroxyl groups is 1. The highest BCUT2D eigenvalue weighted by molar-refractivity contribution is 6.24. The Morgan fingerprint density at radius 3 is 1.95 bits per heavy atom. The SMILES string of the molecule is CCCCCCCCCCC(C)C(C)(Cl)CC(O)CCl.N. The zero-order chi connectivity index (χ0) is 15.4. The van der Waals surface area contributed by atoms with E-state index in [9.17, 15) is 5.11 Å². The molecule has 0 aromatic rings. The summed E-state index contributed by atoms with van der Waals surface area (Å²) >= 11 is 12.2. The van der Waals surface area contributed by atoms with E-state index in [-0.39, 0.29) is 16.9 Å². The van der Waals surface area contributed by atoms with Crippen LogP contribution in [0.3, 0.4) is 0 Å². The first-order valence-electron chi connectivity index (χ1n) is 8.37. The number of rotatable bonds is 13. The van der Waals surface area contributed by atoms with E-state index in [2.05, 4.69) is 13.8 Å². The Balaban J connectivity index is 0. The number of hydrogen-bond donors (Lipinski definition) is 2. The average Bonchev–Trinajstić information content (AvgIpc) is 2.40. The van der Waals surface area contributed by atoms with Crippen LogP contribution in [0.25, 0.3) is 0 Å². The Bertz CT molecular complexity index is 225. The molecule has 130 valence electrons. The molecule has 0 aliphatic heterocycles. The van der Waals surface area contributed by atoms with Crippen molar-refractivity contribution >= 4 is 23.2 Å². The lowest BCUT2D eigenvalue weighted by Gasteiger charge is -2.31. The Morgan fingerprint density at radius 2 is 1.48 bits per heavy atom. The van der Waals surface area contributed by atoms with Crippen molar-refractivity contribution in [1.82, 2.24) is 6.15 Å². The minimum atomic E-state index is -0.486. The van der Waals surface area contributed by atoms with Gasteiger partial charge < -0.3 is 11.3 Å². The van der Waals surface area contributed by atoms with E-state index >= 15 is 0 Å². The van der Waals surface area contributed by atoms with Crippen LogP contribution in [-0.2, 0) is 0 Å². The number of hydrogen-bond acceptors (Lipinski definition) is 2. The van der Waals surface area contributed by atoms with Crippen molar-refractivity contribution in [3.05, 3.63) is 0 Å². The maximum atomic E-state index is 9.64. The van der Waals surface area contributed by atoms with Gasteiger partial charge in [0.25, 0.3) is 0 Å². The molecule has 0 bridgehead atoms. The van der Waals surface area contributed by atoms with E-state index in [0.717, 1.165) is 6.42 Å². The summed E-state index contributed by atoms with van der Waals surface area (Å²) in [6.07, 6.45) is 12.0. The Kier molecular flexibility index (Phi) is 16.0. The van der Waals surface area contributed by atoms with Crippen molar-refractivity contribution < 1.29 is 5.11 Å².